The molecule has 0 N–H and O–H groups in total. The number of halogens is 2. The number of likely N-dealkylation sites (tertiary alicyclic amines) is 1. The summed E-state index contributed by atoms with van der Waals surface area (Å²) in [5.41, 5.74) is 0.494. The zero-order valence-corrected chi connectivity index (χ0v) is 14.2. The summed E-state index contributed by atoms with van der Waals surface area (Å²) in [6, 6.07) is 3.95. The van der Waals surface area contributed by atoms with Crippen LogP contribution in [-0.2, 0) is 0 Å². The van der Waals surface area contributed by atoms with Crippen molar-refractivity contribution in [3.8, 4) is 0 Å². The Labute approximate surface area is 136 Å². The summed E-state index contributed by atoms with van der Waals surface area (Å²) in [4.78, 5) is 20.6. The zero-order chi connectivity index (χ0) is 15.6. The number of nitrogens with zero attached hydrogens (tertiary/aromatic N) is 3. The third kappa shape index (κ3) is 4.09. The number of hydrogen-bond acceptors (Lipinski definition) is 3. The number of piperidine rings is 1. The summed E-state index contributed by atoms with van der Waals surface area (Å²) in [7, 11) is 1.85. The van der Waals surface area contributed by atoms with Crippen LogP contribution in [0.25, 0.3) is 0 Å². The van der Waals surface area contributed by atoms with Gasteiger partial charge in [0.2, 0.25) is 0 Å². The molecule has 1 aromatic rings. The maximum atomic E-state index is 12.5. The molecule has 0 radical (unpaired) electrons. The maximum Gasteiger partial charge on any atom is 0.254 e. The lowest BCUT2D eigenvalue weighted by Gasteiger charge is -2.38. The first-order valence-electron chi connectivity index (χ1n) is 7.22. The van der Waals surface area contributed by atoms with E-state index in [1.807, 2.05) is 7.05 Å². The minimum absolute atomic E-state index is 0.0517. The molecule has 4 nitrogen and oxygen atoms in total. The van der Waals surface area contributed by atoms with Crippen LogP contribution < -0.4 is 0 Å². The zero-order valence-electron chi connectivity index (χ0n) is 12.6. The van der Waals surface area contributed by atoms with Crippen molar-refractivity contribution in [1.82, 2.24) is 14.8 Å². The summed E-state index contributed by atoms with van der Waals surface area (Å²) in [5, 5.41) is 0.489. The van der Waals surface area contributed by atoms with Crippen molar-refractivity contribution in [2.45, 2.75) is 38.8 Å². The van der Waals surface area contributed by atoms with Crippen LogP contribution in [-0.4, -0.2) is 52.9 Å². The van der Waals surface area contributed by atoms with Crippen molar-refractivity contribution >= 4 is 29.1 Å². The summed E-state index contributed by atoms with van der Waals surface area (Å²) >= 11 is 11.7. The molecular weight excluding hydrogens is 309 g/mol. The molecule has 1 fully saturated rings. The first-order chi connectivity index (χ1) is 9.88. The van der Waals surface area contributed by atoms with E-state index in [0.717, 1.165) is 25.9 Å². The van der Waals surface area contributed by atoms with E-state index in [2.05, 4.69) is 23.7 Å². The number of hydrogen-bond donors (Lipinski definition) is 0. The fraction of sp³-hybridized carbons (Fsp3) is 0.600. The van der Waals surface area contributed by atoms with E-state index >= 15 is 0 Å². The van der Waals surface area contributed by atoms with Crippen molar-refractivity contribution in [1.29, 1.82) is 0 Å². The van der Waals surface area contributed by atoms with E-state index < -0.39 is 0 Å². The smallest absolute Gasteiger partial charge is 0.254 e. The van der Waals surface area contributed by atoms with E-state index in [1.165, 1.54) is 0 Å². The molecule has 0 atom stereocenters. The molecule has 1 saturated heterocycles. The van der Waals surface area contributed by atoms with Crippen LogP contribution in [0.5, 0.6) is 0 Å². The molecule has 0 unspecified atom stereocenters. The molecule has 0 aliphatic carbocycles. The largest absolute Gasteiger partial charge is 0.339 e. The second kappa shape index (κ2) is 6.95. The van der Waals surface area contributed by atoms with E-state index in [-0.39, 0.29) is 22.3 Å². The second-order valence-corrected chi connectivity index (χ2v) is 6.55. The molecule has 0 aromatic carbocycles. The number of pyridine rings is 1. The lowest BCUT2D eigenvalue weighted by molar-refractivity contribution is 0.0615. The standard InChI is InChI=1S/C15H21Cl2N3O/c1-10(2)20-6-4-12(5-7-20)19(3)15(21)11-8-13(16)18-14(17)9-11/h8-10,12H,4-7H2,1-3H3. The monoisotopic (exact) mass is 329 g/mol. The first kappa shape index (κ1) is 16.5. The Morgan fingerprint density at radius 3 is 2.29 bits per heavy atom. The van der Waals surface area contributed by atoms with Gasteiger partial charge in [0.25, 0.3) is 5.91 Å². The van der Waals surface area contributed by atoms with Crippen molar-refractivity contribution in [3.63, 3.8) is 0 Å². The van der Waals surface area contributed by atoms with E-state index in [0.29, 0.717) is 11.6 Å². The SMILES string of the molecule is CC(C)N1CCC(N(C)C(=O)c2cc(Cl)nc(Cl)c2)CC1. The van der Waals surface area contributed by atoms with Crippen LogP contribution in [0, 0.1) is 0 Å². The Hall–Kier alpha value is -0.840. The third-order valence-electron chi connectivity index (χ3n) is 4.11. The van der Waals surface area contributed by atoms with Gasteiger partial charge >= 0.3 is 0 Å². The quantitative estimate of drug-likeness (QED) is 0.798. The highest BCUT2D eigenvalue weighted by Gasteiger charge is 2.27. The minimum atomic E-state index is -0.0517. The van der Waals surface area contributed by atoms with Gasteiger partial charge in [0.05, 0.1) is 0 Å². The summed E-state index contributed by atoms with van der Waals surface area (Å²) in [5.74, 6) is -0.0517. The second-order valence-electron chi connectivity index (χ2n) is 5.78. The lowest BCUT2D eigenvalue weighted by Crippen LogP contribution is -2.47. The summed E-state index contributed by atoms with van der Waals surface area (Å²) in [6.45, 7) is 6.46. The van der Waals surface area contributed by atoms with Gasteiger partial charge in [-0.1, -0.05) is 23.2 Å². The number of amides is 1. The number of rotatable bonds is 3. The third-order valence-corrected chi connectivity index (χ3v) is 4.49. The van der Waals surface area contributed by atoms with Gasteiger partial charge in [-0.15, -0.1) is 0 Å². The van der Waals surface area contributed by atoms with Crippen molar-refractivity contribution in [2.24, 2.45) is 0 Å². The van der Waals surface area contributed by atoms with Crippen LogP contribution in [0.4, 0.5) is 0 Å². The van der Waals surface area contributed by atoms with Crippen LogP contribution >= 0.6 is 23.2 Å². The minimum Gasteiger partial charge on any atom is -0.339 e. The molecule has 116 valence electrons. The van der Waals surface area contributed by atoms with Crippen molar-refractivity contribution in [2.75, 3.05) is 20.1 Å². The number of carbonyl (C=O) groups excluding carboxylic acids is 1. The molecule has 1 amide bonds. The molecule has 21 heavy (non-hydrogen) atoms. The van der Waals surface area contributed by atoms with Crippen LogP contribution in [0.2, 0.25) is 10.3 Å². The van der Waals surface area contributed by atoms with Crippen molar-refractivity contribution in [3.05, 3.63) is 28.0 Å². The van der Waals surface area contributed by atoms with Gasteiger partial charge < -0.3 is 9.80 Å². The molecule has 1 aromatic heterocycles. The highest BCUT2D eigenvalue weighted by atomic mass is 35.5. The van der Waals surface area contributed by atoms with Gasteiger partial charge in [0.1, 0.15) is 10.3 Å². The molecule has 0 bridgehead atoms. The Kier molecular flexibility index (Phi) is 5.47. The van der Waals surface area contributed by atoms with Crippen LogP contribution in [0.15, 0.2) is 12.1 Å². The van der Waals surface area contributed by atoms with Gasteiger partial charge in [-0.3, -0.25) is 4.79 Å². The normalized spacial score (nSPS) is 17.2. The number of carbonyl (C=O) groups is 1. The molecule has 2 rings (SSSR count). The average Bonchev–Trinajstić information content (AvgIpc) is 2.44. The first-order valence-corrected chi connectivity index (χ1v) is 7.98. The van der Waals surface area contributed by atoms with Crippen molar-refractivity contribution < 1.29 is 4.79 Å². The number of aromatic nitrogens is 1. The van der Waals surface area contributed by atoms with Gasteiger partial charge in [-0.2, -0.15) is 0 Å². The lowest BCUT2D eigenvalue weighted by atomic mass is 10.0. The fourth-order valence-electron chi connectivity index (χ4n) is 2.75. The van der Waals surface area contributed by atoms with Gasteiger partial charge in [-0.25, -0.2) is 4.98 Å². The van der Waals surface area contributed by atoms with Gasteiger partial charge in [0.15, 0.2) is 0 Å². The Morgan fingerprint density at radius 2 is 1.81 bits per heavy atom. The summed E-state index contributed by atoms with van der Waals surface area (Å²) in [6.07, 6.45) is 1.99. The van der Waals surface area contributed by atoms with Crippen LogP contribution in [0.1, 0.15) is 37.0 Å². The maximum absolute atomic E-state index is 12.5. The molecule has 0 spiro atoms. The Morgan fingerprint density at radius 1 is 1.29 bits per heavy atom. The molecule has 0 saturated carbocycles. The molecular formula is C15H21Cl2N3O. The predicted octanol–water partition coefficient (Wildman–Crippen LogP) is 3.33. The van der Waals surface area contributed by atoms with Crippen LogP contribution in [0.3, 0.4) is 0 Å². The Bertz CT molecular complexity index is 493. The fourth-order valence-corrected chi connectivity index (χ4v) is 3.21. The van der Waals surface area contributed by atoms with E-state index in [1.54, 1.807) is 17.0 Å². The predicted molar refractivity (Wildman–Crippen MR) is 86.1 cm³/mol. The highest BCUT2D eigenvalue weighted by Crippen LogP contribution is 2.21. The molecule has 1 aliphatic heterocycles. The highest BCUT2D eigenvalue weighted by molar-refractivity contribution is 6.33. The summed E-state index contributed by atoms with van der Waals surface area (Å²) < 4.78 is 0. The molecule has 1 aliphatic rings. The van der Waals surface area contributed by atoms with Gasteiger partial charge in [-0.05, 0) is 38.8 Å². The average molecular weight is 330 g/mol. The topological polar surface area (TPSA) is 36.4 Å². The molecule has 6 heteroatoms. The van der Waals surface area contributed by atoms with E-state index in [4.69, 9.17) is 23.2 Å². The Balaban J connectivity index is 2.03. The van der Waals surface area contributed by atoms with E-state index in [9.17, 15) is 4.79 Å². The molecule has 2 heterocycles. The van der Waals surface area contributed by atoms with Gasteiger partial charge in [0, 0.05) is 37.8 Å².